The van der Waals surface area contributed by atoms with Gasteiger partial charge in [-0.25, -0.2) is 4.39 Å². The van der Waals surface area contributed by atoms with Gasteiger partial charge in [0.1, 0.15) is 5.82 Å². The zero-order valence-corrected chi connectivity index (χ0v) is 11.3. The molecule has 0 bridgehead atoms. The lowest BCUT2D eigenvalue weighted by Crippen LogP contribution is -2.50. The van der Waals surface area contributed by atoms with Crippen molar-refractivity contribution >= 4 is 5.69 Å². The van der Waals surface area contributed by atoms with Gasteiger partial charge in [-0.2, -0.15) is 0 Å². The summed E-state index contributed by atoms with van der Waals surface area (Å²) in [6.07, 6.45) is 1.82. The molecule has 0 aliphatic carbocycles. The zero-order chi connectivity index (χ0) is 13.4. The van der Waals surface area contributed by atoms with Crippen LogP contribution in [0.4, 0.5) is 10.1 Å². The number of para-hydroxylation sites is 1. The summed E-state index contributed by atoms with van der Waals surface area (Å²) < 4.78 is 14.2. The van der Waals surface area contributed by atoms with Gasteiger partial charge in [-0.1, -0.05) is 12.1 Å². The molecule has 0 spiro atoms. The Labute approximate surface area is 113 Å². The summed E-state index contributed by atoms with van der Waals surface area (Å²) in [7, 11) is 0. The maximum Gasteiger partial charge on any atom is 0.146 e. The third-order valence-corrected chi connectivity index (χ3v) is 4.37. The molecule has 3 nitrogen and oxygen atoms in total. The molecule has 2 fully saturated rings. The lowest BCUT2D eigenvalue weighted by molar-refractivity contribution is 0.197. The van der Waals surface area contributed by atoms with Gasteiger partial charge >= 0.3 is 0 Å². The first-order chi connectivity index (χ1) is 9.16. The predicted molar refractivity (Wildman–Crippen MR) is 73.8 cm³/mol. The van der Waals surface area contributed by atoms with Crippen molar-refractivity contribution in [2.75, 3.05) is 31.1 Å². The van der Waals surface area contributed by atoms with Gasteiger partial charge in [0.2, 0.25) is 0 Å². The second-order valence-electron chi connectivity index (χ2n) is 5.63. The Kier molecular flexibility index (Phi) is 3.46. The number of aliphatic hydroxyl groups is 1. The summed E-state index contributed by atoms with van der Waals surface area (Å²) in [5.41, 5.74) is 1.30. The molecule has 4 heteroatoms. The first-order valence-electron chi connectivity index (χ1n) is 7.12. The van der Waals surface area contributed by atoms with Gasteiger partial charge in [-0.3, -0.25) is 4.90 Å². The first kappa shape index (κ1) is 12.9. The molecule has 0 amide bonds. The van der Waals surface area contributed by atoms with Crippen molar-refractivity contribution in [1.29, 1.82) is 0 Å². The minimum Gasteiger partial charge on any atom is -0.389 e. The minimum atomic E-state index is -0.632. The maximum absolute atomic E-state index is 14.2. The van der Waals surface area contributed by atoms with E-state index in [1.807, 2.05) is 6.07 Å². The van der Waals surface area contributed by atoms with E-state index in [2.05, 4.69) is 9.80 Å². The van der Waals surface area contributed by atoms with Crippen molar-refractivity contribution in [3.63, 3.8) is 0 Å². The third kappa shape index (κ3) is 2.35. The van der Waals surface area contributed by atoms with E-state index in [4.69, 9.17) is 0 Å². The van der Waals surface area contributed by atoms with Gasteiger partial charge in [-0.05, 0) is 32.4 Å². The number of anilines is 1. The molecule has 0 saturated carbocycles. The van der Waals surface area contributed by atoms with Gasteiger partial charge < -0.3 is 10.0 Å². The van der Waals surface area contributed by atoms with Crippen LogP contribution >= 0.6 is 0 Å². The number of aliphatic hydroxyl groups excluding tert-OH is 1. The second kappa shape index (κ2) is 5.10. The molecule has 0 radical (unpaired) electrons. The molecule has 2 saturated heterocycles. The van der Waals surface area contributed by atoms with Crippen molar-refractivity contribution in [2.24, 2.45) is 0 Å². The lowest BCUT2D eigenvalue weighted by Gasteiger charge is -2.39. The van der Waals surface area contributed by atoms with Crippen molar-refractivity contribution < 1.29 is 9.50 Å². The van der Waals surface area contributed by atoms with E-state index in [-0.39, 0.29) is 5.82 Å². The van der Waals surface area contributed by atoms with E-state index in [0.717, 1.165) is 19.6 Å². The first-order valence-corrected chi connectivity index (χ1v) is 7.12. The van der Waals surface area contributed by atoms with E-state index < -0.39 is 6.10 Å². The molecular formula is C15H21FN2O. The summed E-state index contributed by atoms with van der Waals surface area (Å²) in [5.74, 6) is -0.218. The summed E-state index contributed by atoms with van der Waals surface area (Å²) in [6.45, 7) is 5.60. The normalized spacial score (nSPS) is 25.4. The Morgan fingerprint density at radius 3 is 2.95 bits per heavy atom. The van der Waals surface area contributed by atoms with E-state index >= 15 is 0 Å². The molecule has 2 atom stereocenters. The Bertz CT molecular complexity index is 463. The number of rotatable bonds is 2. The highest BCUT2D eigenvalue weighted by atomic mass is 19.1. The molecule has 19 heavy (non-hydrogen) atoms. The standard InChI is InChI=1S/C15H21FN2O/c1-11(19)13-5-2-6-14(16)15(13)18-9-8-17-7-3-4-12(17)10-18/h2,5-6,11-12,19H,3-4,7-10H2,1H3/t11-,12?/m1/s1. The summed E-state index contributed by atoms with van der Waals surface area (Å²) in [5, 5.41) is 9.84. The van der Waals surface area contributed by atoms with Gasteiger partial charge in [0, 0.05) is 31.2 Å². The fourth-order valence-corrected chi connectivity index (χ4v) is 3.40. The Morgan fingerprint density at radius 2 is 2.16 bits per heavy atom. The summed E-state index contributed by atoms with van der Waals surface area (Å²) in [4.78, 5) is 4.61. The molecular weight excluding hydrogens is 243 g/mol. The van der Waals surface area contributed by atoms with Crippen molar-refractivity contribution in [1.82, 2.24) is 4.90 Å². The molecule has 1 aromatic rings. The molecule has 2 aliphatic rings. The van der Waals surface area contributed by atoms with Crippen LogP contribution < -0.4 is 4.90 Å². The van der Waals surface area contributed by atoms with Crippen molar-refractivity contribution in [3.05, 3.63) is 29.6 Å². The van der Waals surface area contributed by atoms with E-state index in [1.165, 1.54) is 25.5 Å². The molecule has 2 aliphatic heterocycles. The molecule has 3 rings (SSSR count). The van der Waals surface area contributed by atoms with E-state index in [9.17, 15) is 9.50 Å². The van der Waals surface area contributed by atoms with E-state index in [1.54, 1.807) is 13.0 Å². The van der Waals surface area contributed by atoms with Crippen LogP contribution in [0.5, 0.6) is 0 Å². The maximum atomic E-state index is 14.2. The predicted octanol–water partition coefficient (Wildman–Crippen LogP) is 2.16. The summed E-state index contributed by atoms with van der Waals surface area (Å²) in [6, 6.07) is 5.54. The zero-order valence-electron chi connectivity index (χ0n) is 11.3. The fourth-order valence-electron chi connectivity index (χ4n) is 3.40. The topological polar surface area (TPSA) is 26.7 Å². The van der Waals surface area contributed by atoms with Crippen LogP contribution in [0, 0.1) is 5.82 Å². The Morgan fingerprint density at radius 1 is 1.32 bits per heavy atom. The number of piperazine rings is 1. The summed E-state index contributed by atoms with van der Waals surface area (Å²) >= 11 is 0. The number of hydrogen-bond donors (Lipinski definition) is 1. The highest BCUT2D eigenvalue weighted by Crippen LogP contribution is 2.32. The van der Waals surface area contributed by atoms with Crippen LogP contribution in [-0.4, -0.2) is 42.2 Å². The number of halogens is 1. The quantitative estimate of drug-likeness (QED) is 0.887. The SMILES string of the molecule is C[C@@H](O)c1cccc(F)c1N1CCN2CCCC2C1. The number of fused-ring (bicyclic) bond motifs is 1. The van der Waals surface area contributed by atoms with Gasteiger partial charge in [0.05, 0.1) is 11.8 Å². The highest BCUT2D eigenvalue weighted by molar-refractivity contribution is 5.56. The van der Waals surface area contributed by atoms with Gasteiger partial charge in [-0.15, -0.1) is 0 Å². The van der Waals surface area contributed by atoms with Crippen molar-refractivity contribution in [3.8, 4) is 0 Å². The lowest BCUT2D eigenvalue weighted by atomic mass is 10.0. The molecule has 1 N–H and O–H groups in total. The largest absolute Gasteiger partial charge is 0.389 e. The average Bonchev–Trinajstić information content (AvgIpc) is 2.85. The third-order valence-electron chi connectivity index (χ3n) is 4.37. The van der Waals surface area contributed by atoms with Crippen LogP contribution in [0.3, 0.4) is 0 Å². The van der Waals surface area contributed by atoms with Crippen LogP contribution in [0.2, 0.25) is 0 Å². The smallest absolute Gasteiger partial charge is 0.146 e. The van der Waals surface area contributed by atoms with Crippen LogP contribution in [-0.2, 0) is 0 Å². The van der Waals surface area contributed by atoms with Crippen LogP contribution in [0.1, 0.15) is 31.4 Å². The van der Waals surface area contributed by atoms with Crippen molar-refractivity contribution in [2.45, 2.75) is 31.9 Å². The Hall–Kier alpha value is -1.13. The van der Waals surface area contributed by atoms with Gasteiger partial charge in [0.15, 0.2) is 0 Å². The second-order valence-corrected chi connectivity index (χ2v) is 5.63. The highest BCUT2D eigenvalue weighted by Gasteiger charge is 2.32. The van der Waals surface area contributed by atoms with Crippen LogP contribution in [0.15, 0.2) is 18.2 Å². The van der Waals surface area contributed by atoms with E-state index in [0.29, 0.717) is 17.3 Å². The molecule has 1 unspecified atom stereocenters. The molecule has 104 valence electrons. The minimum absolute atomic E-state index is 0.218. The average molecular weight is 264 g/mol. The Balaban J connectivity index is 1.89. The molecule has 1 aromatic carbocycles. The fraction of sp³-hybridized carbons (Fsp3) is 0.600. The molecule has 0 aromatic heterocycles. The number of nitrogens with zero attached hydrogens (tertiary/aromatic N) is 2. The number of benzene rings is 1. The molecule has 2 heterocycles. The monoisotopic (exact) mass is 264 g/mol. The van der Waals surface area contributed by atoms with Crippen LogP contribution in [0.25, 0.3) is 0 Å². The number of hydrogen-bond acceptors (Lipinski definition) is 3. The van der Waals surface area contributed by atoms with Gasteiger partial charge in [0.25, 0.3) is 0 Å².